The predicted octanol–water partition coefficient (Wildman–Crippen LogP) is 2.40. The Hall–Kier alpha value is -3.28. The fourth-order valence-corrected chi connectivity index (χ4v) is 4.78. The number of nitrogens with one attached hydrogen (secondary N) is 2. The zero-order valence-electron chi connectivity index (χ0n) is 17.8. The molecule has 0 unspecified atom stereocenters. The van der Waals surface area contributed by atoms with E-state index in [2.05, 4.69) is 15.5 Å². The molecular weight excluding hydrogens is 472 g/mol. The summed E-state index contributed by atoms with van der Waals surface area (Å²) in [6, 6.07) is 10.3. The van der Waals surface area contributed by atoms with Gasteiger partial charge in [0.25, 0.3) is 11.5 Å². The van der Waals surface area contributed by atoms with Crippen molar-refractivity contribution in [3.8, 4) is 0 Å². The fourth-order valence-electron chi connectivity index (χ4n) is 3.13. The number of anilines is 1. The number of carbonyl (C=O) groups excluding carboxylic acids is 2. The van der Waals surface area contributed by atoms with E-state index in [0.717, 1.165) is 0 Å². The molecule has 0 bridgehead atoms. The maximum absolute atomic E-state index is 12.7. The lowest BCUT2D eigenvalue weighted by molar-refractivity contribution is -0.119. The average Bonchev–Trinajstić information content (AvgIpc) is 2.80. The van der Waals surface area contributed by atoms with Gasteiger partial charge in [-0.2, -0.15) is 9.40 Å². The molecule has 0 fully saturated rings. The van der Waals surface area contributed by atoms with Crippen molar-refractivity contribution in [2.75, 3.05) is 25.0 Å². The van der Waals surface area contributed by atoms with Crippen LogP contribution in [0.2, 0.25) is 5.02 Å². The van der Waals surface area contributed by atoms with E-state index in [1.54, 1.807) is 26.0 Å². The van der Waals surface area contributed by atoms with Crippen LogP contribution in [0.4, 0.5) is 5.69 Å². The van der Waals surface area contributed by atoms with Crippen LogP contribution in [0, 0.1) is 0 Å². The lowest BCUT2D eigenvalue weighted by Crippen LogP contribution is -2.30. The summed E-state index contributed by atoms with van der Waals surface area (Å²) >= 11 is 6.10. The van der Waals surface area contributed by atoms with Gasteiger partial charge in [0.05, 0.1) is 21.0 Å². The second-order valence-electron chi connectivity index (χ2n) is 6.80. The molecule has 1 aromatic heterocycles. The van der Waals surface area contributed by atoms with Crippen molar-refractivity contribution in [1.29, 1.82) is 0 Å². The minimum atomic E-state index is -3.76. The number of amides is 1. The van der Waals surface area contributed by atoms with Crippen LogP contribution in [0.5, 0.6) is 0 Å². The fraction of sp³-hybridized carbons (Fsp3) is 0.238. The molecule has 0 saturated heterocycles. The van der Waals surface area contributed by atoms with E-state index in [-0.39, 0.29) is 45.2 Å². The zero-order chi connectivity index (χ0) is 24.2. The summed E-state index contributed by atoms with van der Waals surface area (Å²) in [5.74, 6) is -1.65. The van der Waals surface area contributed by atoms with Crippen molar-refractivity contribution >= 4 is 50.0 Å². The van der Waals surface area contributed by atoms with Crippen LogP contribution in [-0.2, 0) is 19.6 Å². The number of carbonyl (C=O) groups is 2. The van der Waals surface area contributed by atoms with Gasteiger partial charge in [-0.05, 0) is 24.3 Å². The van der Waals surface area contributed by atoms with Gasteiger partial charge in [0.15, 0.2) is 12.3 Å². The summed E-state index contributed by atoms with van der Waals surface area (Å²) < 4.78 is 31.7. The number of H-pyrrole nitrogens is 1. The van der Waals surface area contributed by atoms with Crippen LogP contribution < -0.4 is 10.9 Å². The first-order chi connectivity index (χ1) is 15.7. The molecule has 1 amide bonds. The minimum Gasteiger partial charge on any atom is -0.451 e. The molecule has 0 aliphatic rings. The van der Waals surface area contributed by atoms with E-state index in [1.165, 1.54) is 34.6 Å². The number of halogens is 1. The number of esters is 1. The molecule has 0 aliphatic heterocycles. The molecule has 2 N–H and O–H groups in total. The Labute approximate surface area is 194 Å². The number of sulfonamides is 1. The maximum atomic E-state index is 12.7. The van der Waals surface area contributed by atoms with Gasteiger partial charge in [-0.15, -0.1) is 0 Å². The van der Waals surface area contributed by atoms with Crippen LogP contribution in [0.3, 0.4) is 0 Å². The molecule has 10 nitrogen and oxygen atoms in total. The first-order valence-electron chi connectivity index (χ1n) is 9.93. The molecule has 174 valence electrons. The topological polar surface area (TPSA) is 139 Å². The van der Waals surface area contributed by atoms with Gasteiger partial charge >= 0.3 is 5.97 Å². The van der Waals surface area contributed by atoms with Gasteiger partial charge in [0.2, 0.25) is 10.0 Å². The second kappa shape index (κ2) is 10.1. The van der Waals surface area contributed by atoms with E-state index >= 15 is 0 Å². The summed E-state index contributed by atoms with van der Waals surface area (Å²) in [5, 5.41) is 9.02. The predicted molar refractivity (Wildman–Crippen MR) is 123 cm³/mol. The molecule has 12 heteroatoms. The average molecular weight is 493 g/mol. The van der Waals surface area contributed by atoms with Crippen molar-refractivity contribution < 1.29 is 22.7 Å². The Morgan fingerprint density at radius 2 is 1.79 bits per heavy atom. The molecule has 0 saturated carbocycles. The third-order valence-corrected chi connectivity index (χ3v) is 7.15. The van der Waals surface area contributed by atoms with E-state index in [1.807, 2.05) is 0 Å². The van der Waals surface area contributed by atoms with Gasteiger partial charge < -0.3 is 10.1 Å². The van der Waals surface area contributed by atoms with Gasteiger partial charge in [-0.1, -0.05) is 43.6 Å². The summed E-state index contributed by atoms with van der Waals surface area (Å²) in [6.07, 6.45) is 0. The zero-order valence-corrected chi connectivity index (χ0v) is 19.4. The lowest BCUT2D eigenvalue weighted by atomic mass is 10.1. The van der Waals surface area contributed by atoms with Crippen LogP contribution in [-0.4, -0.2) is 54.5 Å². The molecule has 3 aromatic rings. The molecule has 2 aromatic carbocycles. The number of fused-ring (bicyclic) bond motifs is 1. The van der Waals surface area contributed by atoms with E-state index in [4.69, 9.17) is 16.3 Å². The smallest absolute Gasteiger partial charge is 0.359 e. The van der Waals surface area contributed by atoms with Crippen LogP contribution in [0.15, 0.2) is 52.2 Å². The highest BCUT2D eigenvalue weighted by Crippen LogP contribution is 2.27. The van der Waals surface area contributed by atoms with Crippen LogP contribution in [0.25, 0.3) is 10.8 Å². The Kier molecular flexibility index (Phi) is 7.46. The first-order valence-corrected chi connectivity index (χ1v) is 11.7. The summed E-state index contributed by atoms with van der Waals surface area (Å²) in [4.78, 5) is 36.6. The highest BCUT2D eigenvalue weighted by atomic mass is 35.5. The number of aromatic nitrogens is 2. The third-order valence-electron chi connectivity index (χ3n) is 4.78. The molecule has 1 heterocycles. The highest BCUT2D eigenvalue weighted by Gasteiger charge is 2.23. The van der Waals surface area contributed by atoms with Crippen molar-refractivity contribution in [3.05, 3.63) is 63.5 Å². The minimum absolute atomic E-state index is 0.0354. The maximum Gasteiger partial charge on any atom is 0.359 e. The van der Waals surface area contributed by atoms with Gasteiger partial charge in [-0.25, -0.2) is 18.3 Å². The van der Waals surface area contributed by atoms with Gasteiger partial charge in [0.1, 0.15) is 0 Å². The molecule has 0 atom stereocenters. The summed E-state index contributed by atoms with van der Waals surface area (Å²) in [5.41, 5.74) is -0.559. The first kappa shape index (κ1) is 24.4. The van der Waals surface area contributed by atoms with E-state index in [9.17, 15) is 22.8 Å². The number of rotatable bonds is 8. The number of nitrogens with zero attached hydrogens (tertiary/aromatic N) is 2. The molecule has 0 radical (unpaired) electrons. The summed E-state index contributed by atoms with van der Waals surface area (Å²) in [6.45, 7) is 3.32. The molecule has 33 heavy (non-hydrogen) atoms. The van der Waals surface area contributed by atoms with Crippen molar-refractivity contribution in [2.45, 2.75) is 18.7 Å². The summed E-state index contributed by atoms with van der Waals surface area (Å²) in [7, 11) is -3.76. The SMILES string of the molecule is CCN(CC)S(=O)(=O)c1ccc(Cl)c(NC(=O)COC(=O)c2n[nH]c(=O)c3ccccc23)c1. The lowest BCUT2D eigenvalue weighted by Gasteiger charge is -2.19. The van der Waals surface area contributed by atoms with Crippen LogP contribution in [0.1, 0.15) is 24.3 Å². The van der Waals surface area contributed by atoms with Gasteiger partial charge in [0, 0.05) is 18.5 Å². The highest BCUT2D eigenvalue weighted by molar-refractivity contribution is 7.89. The molecule has 0 aliphatic carbocycles. The monoisotopic (exact) mass is 492 g/mol. The van der Waals surface area contributed by atoms with Gasteiger partial charge in [-0.3, -0.25) is 9.59 Å². The number of ether oxygens (including phenoxy) is 1. The quantitative estimate of drug-likeness (QED) is 0.460. The van der Waals surface area contributed by atoms with Crippen LogP contribution >= 0.6 is 11.6 Å². The van der Waals surface area contributed by atoms with Crippen molar-refractivity contribution in [1.82, 2.24) is 14.5 Å². The Morgan fingerprint density at radius 1 is 1.12 bits per heavy atom. The number of benzene rings is 2. The standard InChI is InChI=1S/C21H21ClN4O6S/c1-3-26(4-2)33(30,31)13-9-10-16(22)17(11-13)23-18(27)12-32-21(29)19-14-7-5-6-8-15(14)20(28)25-24-19/h5-11H,3-4,12H2,1-2H3,(H,23,27)(H,25,28). The molecule has 0 spiro atoms. The normalized spacial score (nSPS) is 11.5. The van der Waals surface area contributed by atoms with Crippen molar-refractivity contribution in [3.63, 3.8) is 0 Å². The second-order valence-corrected chi connectivity index (χ2v) is 9.15. The van der Waals surface area contributed by atoms with Crippen molar-refractivity contribution in [2.24, 2.45) is 0 Å². The van der Waals surface area contributed by atoms with E-state index < -0.39 is 34.1 Å². The largest absolute Gasteiger partial charge is 0.451 e. The Morgan fingerprint density at radius 3 is 2.45 bits per heavy atom. The number of hydrogen-bond donors (Lipinski definition) is 2. The Bertz CT molecular complexity index is 1370. The third kappa shape index (κ3) is 5.21. The number of aromatic amines is 1. The molecule has 3 rings (SSSR count). The Balaban J connectivity index is 1.74. The number of hydrogen-bond acceptors (Lipinski definition) is 7. The van der Waals surface area contributed by atoms with E-state index in [0.29, 0.717) is 0 Å². The molecular formula is C21H21ClN4O6S.